The predicted molar refractivity (Wildman–Crippen MR) is 124 cm³/mol. The quantitative estimate of drug-likeness (QED) is 0.414. The van der Waals surface area contributed by atoms with Crippen LogP contribution in [0.5, 0.6) is 11.5 Å². The molecule has 5 aromatic rings. The van der Waals surface area contributed by atoms with Crippen molar-refractivity contribution in [2.75, 3.05) is 14.2 Å². The molecule has 3 aromatic carbocycles. The lowest BCUT2D eigenvalue weighted by atomic mass is 10.1. The molecule has 0 saturated carbocycles. The first-order valence-corrected chi connectivity index (χ1v) is 10.0. The van der Waals surface area contributed by atoms with E-state index < -0.39 is 0 Å². The number of nitrogens with zero attached hydrogens (tertiary/aromatic N) is 1. The lowest BCUT2D eigenvalue weighted by Gasteiger charge is -2.14. The molecule has 0 saturated heterocycles. The van der Waals surface area contributed by atoms with Crippen molar-refractivity contribution in [1.82, 2.24) is 4.57 Å². The molecule has 0 aliphatic carbocycles. The van der Waals surface area contributed by atoms with Crippen molar-refractivity contribution in [3.63, 3.8) is 0 Å². The van der Waals surface area contributed by atoms with Crippen LogP contribution in [0, 0.1) is 0 Å². The summed E-state index contributed by atoms with van der Waals surface area (Å²) in [6.45, 7) is 0. The molecule has 158 valence electrons. The van der Waals surface area contributed by atoms with Crippen LogP contribution < -0.4 is 20.3 Å². The maximum absolute atomic E-state index is 13.4. The van der Waals surface area contributed by atoms with Crippen LogP contribution in [-0.4, -0.2) is 18.8 Å². The highest BCUT2D eigenvalue weighted by Gasteiger charge is 2.18. The number of ether oxygens (including phenoxy) is 2. The minimum atomic E-state index is -0.306. The van der Waals surface area contributed by atoms with Gasteiger partial charge in [-0.25, -0.2) is 0 Å². The van der Waals surface area contributed by atoms with Crippen LogP contribution in [0.4, 0.5) is 0 Å². The third-order valence-electron chi connectivity index (χ3n) is 5.43. The van der Waals surface area contributed by atoms with Crippen LogP contribution >= 0.6 is 0 Å². The second-order valence-electron chi connectivity index (χ2n) is 7.27. The minimum absolute atomic E-state index is 0.179. The summed E-state index contributed by atoms with van der Waals surface area (Å²) in [6, 6.07) is 21.6. The van der Waals surface area contributed by atoms with Crippen molar-refractivity contribution in [3.05, 3.63) is 99.4 Å². The Balaban J connectivity index is 1.85. The average Bonchev–Trinajstić information content (AvgIpc) is 2.84. The fourth-order valence-electron chi connectivity index (χ4n) is 3.90. The van der Waals surface area contributed by atoms with E-state index in [1.807, 2.05) is 53.1 Å². The van der Waals surface area contributed by atoms with Crippen molar-refractivity contribution in [2.45, 2.75) is 0 Å². The van der Waals surface area contributed by atoms with Crippen molar-refractivity contribution in [1.29, 1.82) is 0 Å². The third kappa shape index (κ3) is 3.13. The number of fused-ring (bicyclic) bond motifs is 2. The third-order valence-corrected chi connectivity index (χ3v) is 5.43. The Morgan fingerprint density at radius 1 is 0.844 bits per heavy atom. The first-order valence-electron chi connectivity index (χ1n) is 10.0. The Bertz CT molecular complexity index is 1580. The number of hydrogen-bond acceptors (Lipinski definition) is 5. The molecule has 5 rings (SSSR count). The summed E-state index contributed by atoms with van der Waals surface area (Å²) in [5, 5.41) is 0.820. The van der Waals surface area contributed by atoms with Gasteiger partial charge in [0.2, 0.25) is 0 Å². The molecule has 6 heteroatoms. The summed E-state index contributed by atoms with van der Waals surface area (Å²) in [5.74, 6) is 1.01. The standard InChI is InChI=1S/C26H19NO5/c1-30-17-12-23(31-2)25-21(28)14-22(32-24(25)13-17)19-15-27(16-8-4-3-5-9-16)20-11-7-6-10-18(20)26(19)29/h3-15H,1-2H3. The maximum Gasteiger partial charge on any atom is 0.200 e. The number of benzene rings is 3. The minimum Gasteiger partial charge on any atom is -0.496 e. The van der Waals surface area contributed by atoms with Gasteiger partial charge >= 0.3 is 0 Å². The number of pyridine rings is 1. The first-order chi connectivity index (χ1) is 15.6. The number of para-hydroxylation sites is 2. The van der Waals surface area contributed by atoms with Gasteiger partial charge in [0.1, 0.15) is 28.2 Å². The van der Waals surface area contributed by atoms with Gasteiger partial charge in [-0.3, -0.25) is 9.59 Å². The topological polar surface area (TPSA) is 70.7 Å². The molecule has 0 aliphatic heterocycles. The van der Waals surface area contributed by atoms with E-state index in [1.165, 1.54) is 20.3 Å². The van der Waals surface area contributed by atoms with Crippen LogP contribution in [0.1, 0.15) is 0 Å². The number of aromatic nitrogens is 1. The highest BCUT2D eigenvalue weighted by Crippen LogP contribution is 2.31. The number of hydrogen-bond donors (Lipinski definition) is 0. The molecular formula is C26H19NO5. The van der Waals surface area contributed by atoms with Gasteiger partial charge in [-0.2, -0.15) is 0 Å². The first kappa shape index (κ1) is 19.6. The van der Waals surface area contributed by atoms with E-state index in [1.54, 1.807) is 24.4 Å². The smallest absolute Gasteiger partial charge is 0.200 e. The Hall–Kier alpha value is -4.32. The van der Waals surface area contributed by atoms with Crippen molar-refractivity contribution >= 4 is 21.9 Å². The molecule has 32 heavy (non-hydrogen) atoms. The molecule has 0 aliphatic rings. The van der Waals surface area contributed by atoms with Crippen LogP contribution in [0.3, 0.4) is 0 Å². The Morgan fingerprint density at radius 2 is 1.59 bits per heavy atom. The van der Waals surface area contributed by atoms with E-state index in [9.17, 15) is 9.59 Å². The van der Waals surface area contributed by atoms with Gasteiger partial charge in [0.05, 0.1) is 25.3 Å². The molecular weight excluding hydrogens is 406 g/mol. The summed E-state index contributed by atoms with van der Waals surface area (Å²) < 4.78 is 18.6. The molecule has 0 bridgehead atoms. The average molecular weight is 425 g/mol. The Kier molecular flexibility index (Phi) is 4.75. The highest BCUT2D eigenvalue weighted by molar-refractivity contribution is 5.88. The fourth-order valence-corrected chi connectivity index (χ4v) is 3.90. The highest BCUT2D eigenvalue weighted by atomic mass is 16.5. The van der Waals surface area contributed by atoms with Gasteiger partial charge in [-0.15, -0.1) is 0 Å². The predicted octanol–water partition coefficient (Wildman–Crippen LogP) is 4.78. The molecule has 2 heterocycles. The van der Waals surface area contributed by atoms with E-state index in [0.717, 1.165) is 11.2 Å². The lowest BCUT2D eigenvalue weighted by molar-refractivity contribution is 0.396. The summed E-state index contributed by atoms with van der Waals surface area (Å²) in [5.41, 5.74) is 1.69. The zero-order valence-electron chi connectivity index (χ0n) is 17.5. The molecule has 6 nitrogen and oxygen atoms in total. The molecule has 0 fully saturated rings. The molecule has 2 aromatic heterocycles. The van der Waals surface area contributed by atoms with Gasteiger partial charge < -0.3 is 18.5 Å². The van der Waals surface area contributed by atoms with E-state index >= 15 is 0 Å². The second-order valence-corrected chi connectivity index (χ2v) is 7.27. The van der Waals surface area contributed by atoms with Crippen molar-refractivity contribution in [2.24, 2.45) is 0 Å². The molecule has 0 radical (unpaired) electrons. The lowest BCUT2D eigenvalue weighted by Crippen LogP contribution is -2.12. The number of methoxy groups -OCH3 is 2. The summed E-state index contributed by atoms with van der Waals surface area (Å²) in [6.07, 6.45) is 1.71. The summed E-state index contributed by atoms with van der Waals surface area (Å²) in [7, 11) is 2.99. The van der Waals surface area contributed by atoms with E-state index in [4.69, 9.17) is 13.9 Å². The Morgan fingerprint density at radius 3 is 2.34 bits per heavy atom. The Labute approximate surface area is 182 Å². The van der Waals surface area contributed by atoms with E-state index in [-0.39, 0.29) is 27.8 Å². The van der Waals surface area contributed by atoms with Crippen LogP contribution in [0.25, 0.3) is 38.9 Å². The zero-order valence-corrected chi connectivity index (χ0v) is 17.5. The van der Waals surface area contributed by atoms with Gasteiger partial charge in [-0.05, 0) is 24.3 Å². The molecule has 0 N–H and O–H groups in total. The number of rotatable bonds is 4. The van der Waals surface area contributed by atoms with Gasteiger partial charge in [0, 0.05) is 35.5 Å². The monoisotopic (exact) mass is 425 g/mol. The molecule has 0 atom stereocenters. The summed E-state index contributed by atoms with van der Waals surface area (Å²) in [4.78, 5) is 26.4. The van der Waals surface area contributed by atoms with Crippen molar-refractivity contribution in [3.8, 4) is 28.5 Å². The fraction of sp³-hybridized carbons (Fsp3) is 0.0769. The largest absolute Gasteiger partial charge is 0.496 e. The van der Waals surface area contributed by atoms with E-state index in [2.05, 4.69) is 0 Å². The molecule has 0 spiro atoms. The van der Waals surface area contributed by atoms with Gasteiger partial charge in [0.15, 0.2) is 10.9 Å². The zero-order chi connectivity index (χ0) is 22.2. The van der Waals surface area contributed by atoms with Gasteiger partial charge in [0.25, 0.3) is 0 Å². The molecule has 0 unspecified atom stereocenters. The van der Waals surface area contributed by atoms with Crippen molar-refractivity contribution < 1.29 is 13.9 Å². The second kappa shape index (κ2) is 7.74. The van der Waals surface area contributed by atoms with Gasteiger partial charge in [-0.1, -0.05) is 30.3 Å². The SMILES string of the molecule is COc1cc(OC)c2c(=O)cc(-c3cn(-c4ccccc4)c4ccccc4c3=O)oc2c1. The normalized spacial score (nSPS) is 11.1. The van der Waals surface area contributed by atoms with Crippen LogP contribution in [0.15, 0.2) is 93.0 Å². The maximum atomic E-state index is 13.4. The van der Waals surface area contributed by atoms with Crippen LogP contribution in [-0.2, 0) is 0 Å². The van der Waals surface area contributed by atoms with E-state index in [0.29, 0.717) is 22.3 Å². The summed E-state index contributed by atoms with van der Waals surface area (Å²) >= 11 is 0. The van der Waals surface area contributed by atoms with Crippen LogP contribution in [0.2, 0.25) is 0 Å². The molecule has 0 amide bonds.